The fourth-order valence-electron chi connectivity index (χ4n) is 16.8. The van der Waals surface area contributed by atoms with Gasteiger partial charge in [0.2, 0.25) is 0 Å². The van der Waals surface area contributed by atoms with E-state index in [2.05, 4.69) is 0 Å². The molecule has 10 aliphatic rings. The van der Waals surface area contributed by atoms with Crippen molar-refractivity contribution in [1.82, 2.24) is 24.5 Å². The summed E-state index contributed by atoms with van der Waals surface area (Å²) < 4.78 is 444. The summed E-state index contributed by atoms with van der Waals surface area (Å²) >= 11 is 0. The number of benzene rings is 5. The van der Waals surface area contributed by atoms with Crippen LogP contribution in [-0.2, 0) is 56.1 Å². The van der Waals surface area contributed by atoms with E-state index in [0.29, 0.717) is 86.5 Å². The second kappa shape index (κ2) is 41.7. The number of piperidine rings is 5. The van der Waals surface area contributed by atoms with E-state index in [4.69, 9.17) is 115 Å². The van der Waals surface area contributed by atoms with Crippen molar-refractivity contribution >= 4 is 28.9 Å². The number of ketones is 5. The molecule has 118 heavy (non-hydrogen) atoms. The third-order valence-electron chi connectivity index (χ3n) is 22.7. The lowest BCUT2D eigenvalue weighted by atomic mass is 9.79. The van der Waals surface area contributed by atoms with Gasteiger partial charge in [-0.15, -0.1) is 0 Å². The molecule has 0 radical (unpaired) electrons. The minimum atomic E-state index is -3.67. The highest BCUT2D eigenvalue weighted by atomic mass is 16.5. The number of carbonyl (C=O) groups excluding carboxylic acids is 5. The zero-order chi connectivity index (χ0) is 127. The molecular formula is C98H141N5O15. The third-order valence-corrected chi connectivity index (χ3v) is 22.7. The Morgan fingerprint density at radius 2 is 0.653 bits per heavy atom. The molecular weight excluding hydrogens is 1490 g/mol. The molecule has 648 valence electrons. The number of nitrogens with zero attached hydrogens (tertiary/aromatic N) is 5. The number of fused-ring (bicyclic) bond motifs is 15. The van der Waals surface area contributed by atoms with Crippen LogP contribution in [0.3, 0.4) is 0 Å². The van der Waals surface area contributed by atoms with E-state index >= 15 is 0 Å². The normalized spacial score (nSPS) is 36.2. The van der Waals surface area contributed by atoms with Crippen LogP contribution in [0.4, 0.5) is 0 Å². The maximum Gasteiger partial charge on any atom is 0.161 e. The van der Waals surface area contributed by atoms with Gasteiger partial charge >= 0.3 is 0 Å². The highest BCUT2D eigenvalue weighted by molar-refractivity contribution is 5.86. The number of Topliss-reactive ketones (excluding diaryl/α,β-unsaturated/α-hetero) is 5. The summed E-state index contributed by atoms with van der Waals surface area (Å²) in [5, 5.41) is 0. The Labute approximate surface area is 774 Å². The molecule has 0 spiro atoms. The summed E-state index contributed by atoms with van der Waals surface area (Å²) in [7, 11) is -6.79. The highest BCUT2D eigenvalue weighted by Gasteiger charge is 2.45. The van der Waals surface area contributed by atoms with Gasteiger partial charge in [-0.2, -0.15) is 0 Å². The van der Waals surface area contributed by atoms with Crippen LogP contribution in [-0.4, -0.2) is 190 Å². The first-order valence-electron chi connectivity index (χ1n) is 63.8. The lowest BCUT2D eigenvalue weighted by molar-refractivity contribution is -0.130. The topological polar surface area (TPSA) is 194 Å². The average Bonchev–Trinajstić information content (AvgIpc) is 0.672. The largest absolute Gasteiger partial charge is 0.493 e. The van der Waals surface area contributed by atoms with E-state index in [1.54, 1.807) is 41.3 Å². The van der Waals surface area contributed by atoms with Gasteiger partial charge in [0.1, 0.15) is 28.9 Å². The fraction of sp³-hybridized carbons (Fsp3) is 0.643. The highest BCUT2D eigenvalue weighted by Crippen LogP contribution is 2.49. The van der Waals surface area contributed by atoms with Crippen molar-refractivity contribution in [3.05, 3.63) is 116 Å². The van der Waals surface area contributed by atoms with Crippen LogP contribution in [0.15, 0.2) is 60.7 Å². The predicted molar refractivity (Wildman–Crippen MR) is 465 cm³/mol. The molecule has 0 aromatic heterocycles. The van der Waals surface area contributed by atoms with E-state index in [0.717, 1.165) is 36.1 Å². The first-order valence-corrected chi connectivity index (χ1v) is 39.3. The molecule has 20 heteroatoms. The van der Waals surface area contributed by atoms with Crippen LogP contribution in [0.25, 0.3) is 0 Å². The summed E-state index contributed by atoms with van der Waals surface area (Å²) in [5.41, 5.74) is 6.09. The van der Waals surface area contributed by atoms with Gasteiger partial charge < -0.3 is 47.4 Å². The first kappa shape index (κ1) is 45.9. The summed E-state index contributed by atoms with van der Waals surface area (Å²) in [6, 6.07) is 11.2. The van der Waals surface area contributed by atoms with Gasteiger partial charge in [-0.05, 0) is 210 Å². The van der Waals surface area contributed by atoms with Crippen molar-refractivity contribution in [1.29, 1.82) is 0 Å². The van der Waals surface area contributed by atoms with Crippen LogP contribution < -0.4 is 47.4 Å². The molecule has 0 N–H and O–H groups in total. The monoisotopic (exact) mass is 1680 g/mol. The van der Waals surface area contributed by atoms with Crippen LogP contribution in [0, 0.1) is 59.1 Å². The van der Waals surface area contributed by atoms with Crippen LogP contribution in [0.1, 0.15) is 305 Å². The Bertz CT molecular complexity index is 6440. The van der Waals surface area contributed by atoms with Crippen molar-refractivity contribution in [3.63, 3.8) is 0 Å². The maximum absolute atomic E-state index is 13.6. The molecule has 5 saturated heterocycles. The Morgan fingerprint density at radius 1 is 0.364 bits per heavy atom. The summed E-state index contributed by atoms with van der Waals surface area (Å²) in [4.78, 5) is 74.1. The number of carbonyl (C=O) groups is 5. The molecule has 5 aromatic carbocycles. The van der Waals surface area contributed by atoms with Crippen LogP contribution >= 0.6 is 0 Å². The third kappa shape index (κ3) is 21.0. The zero-order valence-electron chi connectivity index (χ0n) is 118. The molecule has 0 bridgehead atoms. The number of rotatable bonds is 23. The van der Waals surface area contributed by atoms with Gasteiger partial charge in [-0.1, -0.05) is 88.1 Å². The minimum Gasteiger partial charge on any atom is -0.493 e. The van der Waals surface area contributed by atoms with Crippen molar-refractivity contribution in [3.8, 4) is 57.5 Å². The van der Waals surface area contributed by atoms with Crippen molar-refractivity contribution in [2.75, 3.05) is 136 Å². The Kier molecular flexibility index (Phi) is 16.2. The lowest BCUT2D eigenvalue weighted by Crippen LogP contribution is -2.46. The summed E-state index contributed by atoms with van der Waals surface area (Å²) in [6.07, 6.45) is -21.8. The molecule has 10 heterocycles. The fourth-order valence-corrected chi connectivity index (χ4v) is 16.8. The van der Waals surface area contributed by atoms with Gasteiger partial charge in [-0.25, -0.2) is 0 Å². The van der Waals surface area contributed by atoms with Gasteiger partial charge in [0.25, 0.3) is 0 Å². The molecule has 10 aliphatic heterocycles. The van der Waals surface area contributed by atoms with Crippen molar-refractivity contribution in [2.45, 2.75) is 214 Å². The van der Waals surface area contributed by atoms with E-state index in [1.807, 2.05) is 37.5 Å². The molecule has 5 fully saturated rings. The van der Waals surface area contributed by atoms with Gasteiger partial charge in [0, 0.05) is 204 Å². The standard InChI is InChI=1S/3C20H29NO3.2C19H27NO3/c3*1-5-13(2)8-15-12-21-7-6-14-9-19(23-3)20(24-4)10-16(14)17(21)11-18(15)22;2*1-12(2)7-14-11-20-6-5-13-8-18(22-3)19(23-4)9-15(13)16(20)10-17(14)21/h3*9-10,13,15,17H,5-8,11-12H2,1-4H3;2*8-9,12,14,16H,5-7,10-11H2,1-4H3/i2D3,3D3,5D2,8D2,11D2,13D,15D;2D3,3D3,5D2,8D2,12D2,13D;2D3,3D3,5D2,8D2,13D;3D3,10D2,14D;3D3,11D2. The predicted octanol–water partition coefficient (Wildman–Crippen LogP) is 17.4. The van der Waals surface area contributed by atoms with Gasteiger partial charge in [0.15, 0.2) is 57.5 Å². The smallest absolute Gasteiger partial charge is 0.161 e. The minimum absolute atomic E-state index is 0.0293. The molecule has 20 nitrogen and oxygen atoms in total. The number of hydrogen-bond acceptors (Lipinski definition) is 20. The zero-order valence-corrected chi connectivity index (χ0v) is 68.6. The molecule has 0 saturated carbocycles. The quantitative estimate of drug-likeness (QED) is 0.0598. The second-order valence-electron chi connectivity index (χ2n) is 30.8. The molecule has 5 aromatic rings. The average molecular weight is 1680 g/mol. The van der Waals surface area contributed by atoms with Gasteiger partial charge in [-0.3, -0.25) is 48.5 Å². The SMILES string of the molecule is [2H]C([2H])([2H])Oc1cc2c(cc1OC)C1CC(=O)C(C([2H])([2H])C([2H])(C([2H])([2H])[2H])C([2H])([2H])C)C([2H])([2H])N1CC2.[2H]C([2H])([2H])Oc1cc2c(cc1OC)C1CC(=O)C(C([2H])([2H])C([2H])(C([2H])([2H])[2H])C([2H])([2H])C)CN1CC2.[2H]C([2H])([2H])Oc1cc2c(cc1OC)C1CC(=O)C(CC(C)C)C([2H])([2H])N1CC2.[2H]C([2H])([2H])Oc1cc2c(cc1OC)C1N(CC2)CC([2H])(C([2H])([2H])C([2H])(C([2H])([2H])[2H])C([2H])([2H])C)C(=O)C1([2H])[2H].[2H]C([2H])([2H])Oc1cc2c(cc1OC)C1N(CC2)CC([2H])(CC(C)C)C(=O)C1([2H])[2H]. The Hall–Kier alpha value is -7.75. The summed E-state index contributed by atoms with van der Waals surface area (Å²) in [5.74, 6) is -22.3. The van der Waals surface area contributed by atoms with Crippen LogP contribution in [0.2, 0.25) is 0 Å². The Morgan fingerprint density at radius 3 is 1.00 bits per heavy atom. The molecule has 0 amide bonds. The molecule has 13 unspecified atom stereocenters. The molecule has 15 rings (SSSR count). The maximum atomic E-state index is 13.6. The van der Waals surface area contributed by atoms with E-state index in [9.17, 15) is 24.0 Å². The number of methoxy groups -OCH3 is 10. The van der Waals surface area contributed by atoms with E-state index in [-0.39, 0.29) is 139 Å². The van der Waals surface area contributed by atoms with Crippen LogP contribution in [0.5, 0.6) is 57.5 Å². The molecule has 13 atom stereocenters. The van der Waals surface area contributed by atoms with Crippen molar-refractivity contribution in [2.24, 2.45) is 59.1 Å². The first-order chi connectivity index (χ1) is 75.3. The lowest BCUT2D eigenvalue weighted by Gasteiger charge is -2.43. The van der Waals surface area contributed by atoms with E-state index in [1.165, 1.54) is 69.6 Å². The van der Waals surface area contributed by atoms with Gasteiger partial charge in [0.05, 0.1) is 91.3 Å². The summed E-state index contributed by atoms with van der Waals surface area (Å²) in [6.45, 7) is -4.45. The number of hydrogen-bond donors (Lipinski definition) is 0. The van der Waals surface area contributed by atoms with E-state index < -0.39 is 227 Å². The van der Waals surface area contributed by atoms with Crippen molar-refractivity contribution < 1.29 is 139 Å². The molecule has 0 aliphatic carbocycles. The number of ether oxygens (including phenoxy) is 10. The second-order valence-corrected chi connectivity index (χ2v) is 30.8. The Balaban J connectivity index is 0.000000196.